The molecule has 0 aliphatic heterocycles. The molecule has 3 N–H and O–H groups in total. The van der Waals surface area contributed by atoms with Crippen molar-refractivity contribution in [2.45, 2.75) is 30.6 Å². The molecule has 8 nitrogen and oxygen atoms in total. The molecule has 0 aromatic heterocycles. The number of carbonyl (C=O) groups is 1. The number of anilines is 3. The Hall–Kier alpha value is -3.86. The van der Waals surface area contributed by atoms with Gasteiger partial charge in [0.05, 0.1) is 21.2 Å². The summed E-state index contributed by atoms with van der Waals surface area (Å²) >= 11 is 6.08. The SMILES string of the molecule is Cc1ccc(S(=O)(=O)Nc2ccc(C(=O)Nc3ccc(S(=O)(=O)Nc4ccc(C)c(Cl)c4)cc3)cc2C)cc1. The molecule has 1 amide bonds. The maximum Gasteiger partial charge on any atom is 0.261 e. The van der Waals surface area contributed by atoms with Crippen LogP contribution < -0.4 is 14.8 Å². The normalized spacial score (nSPS) is 11.6. The molecule has 4 rings (SSSR count). The second-order valence-electron chi connectivity index (χ2n) is 9.00. The summed E-state index contributed by atoms with van der Waals surface area (Å²) in [6.45, 7) is 5.38. The van der Waals surface area contributed by atoms with Crippen molar-refractivity contribution < 1.29 is 21.6 Å². The highest BCUT2D eigenvalue weighted by atomic mass is 35.5. The maximum atomic E-state index is 12.8. The predicted molar refractivity (Wildman–Crippen MR) is 155 cm³/mol. The molecule has 0 bridgehead atoms. The van der Waals surface area contributed by atoms with Crippen molar-refractivity contribution in [3.8, 4) is 0 Å². The molecule has 0 heterocycles. The minimum Gasteiger partial charge on any atom is -0.322 e. The first-order valence-corrected chi connectivity index (χ1v) is 15.1. The number of hydrogen-bond donors (Lipinski definition) is 3. The van der Waals surface area contributed by atoms with E-state index in [1.807, 2.05) is 13.8 Å². The Balaban J connectivity index is 1.43. The highest BCUT2D eigenvalue weighted by molar-refractivity contribution is 7.93. The molecule has 0 fully saturated rings. The number of benzene rings is 4. The zero-order valence-electron chi connectivity index (χ0n) is 21.3. The zero-order valence-corrected chi connectivity index (χ0v) is 23.7. The number of sulfonamides is 2. The van der Waals surface area contributed by atoms with Crippen LogP contribution in [0, 0.1) is 20.8 Å². The summed E-state index contributed by atoms with van der Waals surface area (Å²) in [5, 5.41) is 3.16. The molecule has 0 radical (unpaired) electrons. The van der Waals surface area contributed by atoms with Gasteiger partial charge in [0.1, 0.15) is 0 Å². The monoisotopic (exact) mass is 583 g/mol. The molecular weight excluding hydrogens is 558 g/mol. The van der Waals surface area contributed by atoms with E-state index in [9.17, 15) is 21.6 Å². The Bertz CT molecular complexity index is 1750. The topological polar surface area (TPSA) is 121 Å². The number of carbonyl (C=O) groups excluding carboxylic acids is 1. The van der Waals surface area contributed by atoms with Crippen LogP contribution in [0.3, 0.4) is 0 Å². The van der Waals surface area contributed by atoms with Gasteiger partial charge in [-0.15, -0.1) is 0 Å². The summed E-state index contributed by atoms with van der Waals surface area (Å²) in [6, 6.07) is 21.7. The third-order valence-corrected chi connectivity index (χ3v) is 9.10. The number of amides is 1. The van der Waals surface area contributed by atoms with Crippen LogP contribution in [-0.4, -0.2) is 22.7 Å². The van der Waals surface area contributed by atoms with Crippen molar-refractivity contribution >= 4 is 54.6 Å². The summed E-state index contributed by atoms with van der Waals surface area (Å²) in [4.78, 5) is 13.0. The molecule has 39 heavy (non-hydrogen) atoms. The van der Waals surface area contributed by atoms with E-state index in [0.29, 0.717) is 33.2 Å². The average Bonchev–Trinajstić information content (AvgIpc) is 2.88. The molecule has 4 aromatic rings. The van der Waals surface area contributed by atoms with Gasteiger partial charge in [0.2, 0.25) is 0 Å². The van der Waals surface area contributed by atoms with Gasteiger partial charge in [0.25, 0.3) is 26.0 Å². The molecule has 0 spiro atoms. The first-order chi connectivity index (χ1) is 18.3. The molecule has 11 heteroatoms. The molecule has 0 saturated heterocycles. The lowest BCUT2D eigenvalue weighted by atomic mass is 10.1. The van der Waals surface area contributed by atoms with Crippen LogP contribution in [0.2, 0.25) is 5.02 Å². The van der Waals surface area contributed by atoms with Crippen LogP contribution in [0.1, 0.15) is 27.0 Å². The Morgan fingerprint density at radius 2 is 1.21 bits per heavy atom. The molecule has 202 valence electrons. The van der Waals surface area contributed by atoms with Crippen molar-refractivity contribution in [3.05, 3.63) is 112 Å². The molecule has 0 aliphatic rings. The van der Waals surface area contributed by atoms with Crippen LogP contribution in [0.25, 0.3) is 0 Å². The number of rotatable bonds is 8. The third kappa shape index (κ3) is 6.78. The minimum absolute atomic E-state index is 0.0123. The minimum atomic E-state index is -3.87. The van der Waals surface area contributed by atoms with Crippen molar-refractivity contribution in [2.24, 2.45) is 0 Å². The van der Waals surface area contributed by atoms with Crippen LogP contribution >= 0.6 is 11.6 Å². The molecule has 4 aromatic carbocycles. The van der Waals surface area contributed by atoms with Gasteiger partial charge in [0.15, 0.2) is 0 Å². The van der Waals surface area contributed by atoms with E-state index in [4.69, 9.17) is 11.6 Å². The van der Waals surface area contributed by atoms with Gasteiger partial charge in [0, 0.05) is 16.3 Å². The van der Waals surface area contributed by atoms with Gasteiger partial charge >= 0.3 is 0 Å². The van der Waals surface area contributed by atoms with Crippen LogP contribution in [0.15, 0.2) is 94.7 Å². The van der Waals surface area contributed by atoms with Gasteiger partial charge in [-0.1, -0.05) is 35.4 Å². The number of halogens is 1. The summed E-state index contributed by atoms with van der Waals surface area (Å²) in [6.07, 6.45) is 0. The Morgan fingerprint density at radius 3 is 1.79 bits per heavy atom. The molecule has 0 unspecified atom stereocenters. The lowest BCUT2D eigenvalue weighted by Crippen LogP contribution is -2.16. The average molecular weight is 584 g/mol. The third-order valence-electron chi connectivity index (χ3n) is 5.91. The standard InChI is InChI=1S/C28H26ClN3O5S2/c1-18-4-11-24(12-5-18)39(36,37)32-27-15-7-21(16-20(27)3)28(33)30-22-9-13-25(14-10-22)38(34,35)31-23-8-6-19(2)26(29)17-23/h4-17,31-32H,1-3H3,(H,30,33). The second kappa shape index (κ2) is 11.1. The summed E-state index contributed by atoms with van der Waals surface area (Å²) in [7, 11) is -7.65. The smallest absolute Gasteiger partial charge is 0.261 e. The highest BCUT2D eigenvalue weighted by Gasteiger charge is 2.17. The zero-order chi connectivity index (χ0) is 28.4. The van der Waals surface area contributed by atoms with Crippen molar-refractivity contribution in [1.29, 1.82) is 0 Å². The van der Waals surface area contributed by atoms with Crippen LogP contribution in [0.4, 0.5) is 17.1 Å². The summed E-state index contributed by atoms with van der Waals surface area (Å²) < 4.78 is 55.9. The molecule has 0 aliphatic carbocycles. The Morgan fingerprint density at radius 1 is 0.641 bits per heavy atom. The fourth-order valence-electron chi connectivity index (χ4n) is 3.63. The highest BCUT2D eigenvalue weighted by Crippen LogP contribution is 2.25. The van der Waals surface area contributed by atoms with Crippen LogP contribution in [0.5, 0.6) is 0 Å². The van der Waals surface area contributed by atoms with E-state index in [0.717, 1.165) is 11.1 Å². The predicted octanol–water partition coefficient (Wildman–Crippen LogP) is 6.12. The summed E-state index contributed by atoms with van der Waals surface area (Å²) in [5.74, 6) is -0.436. The summed E-state index contributed by atoms with van der Waals surface area (Å²) in [5.41, 5.74) is 3.71. The van der Waals surface area contributed by atoms with Gasteiger partial charge < -0.3 is 5.32 Å². The van der Waals surface area contributed by atoms with Gasteiger partial charge in [-0.3, -0.25) is 14.2 Å². The van der Waals surface area contributed by atoms with Gasteiger partial charge in [-0.05, 0) is 98.6 Å². The van der Waals surface area contributed by atoms with Crippen molar-refractivity contribution in [3.63, 3.8) is 0 Å². The lowest BCUT2D eigenvalue weighted by Gasteiger charge is -2.13. The molecular formula is C28H26ClN3O5S2. The Labute approximate surface area is 233 Å². The molecule has 0 atom stereocenters. The maximum absolute atomic E-state index is 12.8. The Kier molecular flexibility index (Phi) is 8.01. The fraction of sp³-hybridized carbons (Fsp3) is 0.107. The number of hydrogen-bond acceptors (Lipinski definition) is 5. The fourth-order valence-corrected chi connectivity index (χ4v) is 5.99. The first kappa shape index (κ1) is 28.2. The van der Waals surface area contributed by atoms with E-state index in [1.54, 1.807) is 37.3 Å². The first-order valence-electron chi connectivity index (χ1n) is 11.7. The van der Waals surface area contributed by atoms with E-state index >= 15 is 0 Å². The van der Waals surface area contributed by atoms with Crippen molar-refractivity contribution in [1.82, 2.24) is 0 Å². The van der Waals surface area contributed by atoms with Crippen LogP contribution in [-0.2, 0) is 20.0 Å². The second-order valence-corrected chi connectivity index (χ2v) is 12.8. The van der Waals surface area contributed by atoms with Crippen molar-refractivity contribution in [2.75, 3.05) is 14.8 Å². The quantitative estimate of drug-likeness (QED) is 0.231. The van der Waals surface area contributed by atoms with E-state index in [1.165, 1.54) is 54.6 Å². The van der Waals surface area contributed by atoms with Gasteiger partial charge in [-0.2, -0.15) is 0 Å². The largest absolute Gasteiger partial charge is 0.322 e. The van der Waals surface area contributed by atoms with E-state index in [2.05, 4.69) is 14.8 Å². The number of nitrogens with one attached hydrogen (secondary N) is 3. The van der Waals surface area contributed by atoms with Gasteiger partial charge in [-0.25, -0.2) is 16.8 Å². The van der Waals surface area contributed by atoms with E-state index < -0.39 is 26.0 Å². The molecule has 0 saturated carbocycles. The van der Waals surface area contributed by atoms with E-state index in [-0.39, 0.29) is 9.79 Å². The number of aryl methyl sites for hydroxylation is 3. The lowest BCUT2D eigenvalue weighted by molar-refractivity contribution is 0.102.